The van der Waals surface area contributed by atoms with Crippen LogP contribution in [0.15, 0.2) is 36.5 Å². The van der Waals surface area contributed by atoms with Crippen LogP contribution in [0.3, 0.4) is 0 Å². The number of carbonyl (C=O) groups excluding carboxylic acids is 2. The lowest BCUT2D eigenvalue weighted by molar-refractivity contribution is 0.0880. The third-order valence-corrected chi connectivity index (χ3v) is 3.35. The molecule has 2 amide bonds. The quantitative estimate of drug-likeness (QED) is 0.833. The zero-order valence-corrected chi connectivity index (χ0v) is 10.9. The van der Waals surface area contributed by atoms with Crippen LogP contribution in [0.2, 0.25) is 0 Å². The Labute approximate surface area is 116 Å². The van der Waals surface area contributed by atoms with E-state index in [0.717, 1.165) is 11.3 Å². The van der Waals surface area contributed by atoms with Gasteiger partial charge in [0.2, 0.25) is 0 Å². The smallest absolute Gasteiger partial charge is 0.261 e. The minimum absolute atomic E-state index is 0.341. The van der Waals surface area contributed by atoms with E-state index in [1.807, 2.05) is 19.1 Å². The van der Waals surface area contributed by atoms with Gasteiger partial charge in [-0.1, -0.05) is 12.1 Å². The minimum atomic E-state index is -0.351. The summed E-state index contributed by atoms with van der Waals surface area (Å²) in [6.45, 7) is 2.49. The third kappa shape index (κ3) is 2.03. The van der Waals surface area contributed by atoms with E-state index in [1.165, 1.54) is 0 Å². The molecule has 100 valence electrons. The number of benzene rings is 1. The molecule has 5 heteroatoms. The third-order valence-electron chi connectivity index (χ3n) is 3.35. The number of hydrogen-bond donors (Lipinski definition) is 2. The largest absolute Gasteiger partial charge is 0.380 e. The molecule has 1 aromatic heterocycles. The first-order chi connectivity index (χ1) is 9.66. The molecule has 1 aliphatic rings. The second kappa shape index (κ2) is 4.77. The number of rotatable bonds is 3. The van der Waals surface area contributed by atoms with Crippen molar-refractivity contribution in [3.8, 4) is 0 Å². The lowest BCUT2D eigenvalue weighted by Gasteiger charge is -2.10. The van der Waals surface area contributed by atoms with Gasteiger partial charge in [-0.25, -0.2) is 0 Å². The Balaban J connectivity index is 1.88. The Kier molecular flexibility index (Phi) is 2.95. The summed E-state index contributed by atoms with van der Waals surface area (Å²) < 4.78 is 0. The van der Waals surface area contributed by atoms with Crippen LogP contribution in [0.1, 0.15) is 32.0 Å². The minimum Gasteiger partial charge on any atom is -0.380 e. The van der Waals surface area contributed by atoms with Crippen LogP contribution in [0.5, 0.6) is 0 Å². The molecule has 0 spiro atoms. The van der Waals surface area contributed by atoms with Gasteiger partial charge in [-0.2, -0.15) is 0 Å². The van der Waals surface area contributed by atoms with Crippen molar-refractivity contribution >= 4 is 17.5 Å². The number of fused-ring (bicyclic) bond motifs is 1. The molecule has 0 saturated carbocycles. The molecular formula is C15H13N3O2. The summed E-state index contributed by atoms with van der Waals surface area (Å²) in [6.07, 6.45) is 1.74. The van der Waals surface area contributed by atoms with Gasteiger partial charge in [0.1, 0.15) is 0 Å². The topological polar surface area (TPSA) is 71.1 Å². The SMILES string of the molecule is Cc1ncccc1CNc1cccc2c1C(=O)NC2=O. The summed E-state index contributed by atoms with van der Waals surface area (Å²) in [5.41, 5.74) is 3.49. The number of nitrogens with zero attached hydrogens (tertiary/aromatic N) is 1. The Bertz CT molecular complexity index is 710. The highest BCUT2D eigenvalue weighted by Gasteiger charge is 2.29. The van der Waals surface area contributed by atoms with E-state index in [1.54, 1.807) is 24.4 Å². The van der Waals surface area contributed by atoms with E-state index >= 15 is 0 Å². The summed E-state index contributed by atoms with van der Waals surface area (Å²) >= 11 is 0. The molecule has 20 heavy (non-hydrogen) atoms. The van der Waals surface area contributed by atoms with E-state index in [4.69, 9.17) is 0 Å². The number of aromatic nitrogens is 1. The van der Waals surface area contributed by atoms with Gasteiger partial charge in [0.25, 0.3) is 11.8 Å². The van der Waals surface area contributed by atoms with Crippen molar-refractivity contribution in [3.63, 3.8) is 0 Å². The van der Waals surface area contributed by atoms with E-state index < -0.39 is 0 Å². The van der Waals surface area contributed by atoms with Crippen LogP contribution in [0.25, 0.3) is 0 Å². The van der Waals surface area contributed by atoms with Crippen LogP contribution in [0.4, 0.5) is 5.69 Å². The Morgan fingerprint density at radius 1 is 1.15 bits per heavy atom. The number of pyridine rings is 1. The molecule has 2 N–H and O–H groups in total. The fourth-order valence-corrected chi connectivity index (χ4v) is 2.26. The zero-order chi connectivity index (χ0) is 14.1. The summed E-state index contributed by atoms with van der Waals surface area (Å²) in [5, 5.41) is 5.50. The second-order valence-corrected chi connectivity index (χ2v) is 4.61. The summed E-state index contributed by atoms with van der Waals surface area (Å²) in [5.74, 6) is -0.692. The fourth-order valence-electron chi connectivity index (χ4n) is 2.26. The lowest BCUT2D eigenvalue weighted by Crippen LogP contribution is -2.20. The fraction of sp³-hybridized carbons (Fsp3) is 0.133. The van der Waals surface area contributed by atoms with Crippen molar-refractivity contribution in [1.82, 2.24) is 10.3 Å². The van der Waals surface area contributed by atoms with Crippen molar-refractivity contribution < 1.29 is 9.59 Å². The molecule has 0 atom stereocenters. The molecule has 0 unspecified atom stereocenters. The van der Waals surface area contributed by atoms with Gasteiger partial charge in [0, 0.05) is 24.1 Å². The first-order valence-electron chi connectivity index (χ1n) is 6.30. The van der Waals surface area contributed by atoms with Crippen molar-refractivity contribution in [1.29, 1.82) is 0 Å². The Morgan fingerprint density at radius 2 is 2.00 bits per heavy atom. The first-order valence-corrected chi connectivity index (χ1v) is 6.30. The summed E-state index contributed by atoms with van der Waals surface area (Å²) in [6, 6.07) is 9.05. The van der Waals surface area contributed by atoms with Gasteiger partial charge in [-0.3, -0.25) is 19.9 Å². The summed E-state index contributed by atoms with van der Waals surface area (Å²) in [7, 11) is 0. The van der Waals surface area contributed by atoms with Crippen LogP contribution in [-0.4, -0.2) is 16.8 Å². The maximum atomic E-state index is 11.8. The molecule has 0 fully saturated rings. The number of hydrogen-bond acceptors (Lipinski definition) is 4. The van der Waals surface area contributed by atoms with E-state index in [0.29, 0.717) is 23.4 Å². The van der Waals surface area contributed by atoms with Gasteiger partial charge in [-0.05, 0) is 30.7 Å². The van der Waals surface area contributed by atoms with Crippen molar-refractivity contribution in [2.45, 2.75) is 13.5 Å². The molecular weight excluding hydrogens is 254 g/mol. The number of imide groups is 1. The molecule has 3 rings (SSSR count). The van der Waals surface area contributed by atoms with Crippen LogP contribution >= 0.6 is 0 Å². The van der Waals surface area contributed by atoms with E-state index in [2.05, 4.69) is 15.6 Å². The number of carbonyl (C=O) groups is 2. The van der Waals surface area contributed by atoms with E-state index in [9.17, 15) is 9.59 Å². The van der Waals surface area contributed by atoms with Gasteiger partial charge >= 0.3 is 0 Å². The standard InChI is InChI=1S/C15H13N3O2/c1-9-10(4-3-7-16-9)8-17-12-6-2-5-11-13(12)15(20)18-14(11)19/h2-7,17H,8H2,1H3,(H,18,19,20). The maximum Gasteiger partial charge on any atom is 0.261 e. The average Bonchev–Trinajstić information content (AvgIpc) is 2.74. The lowest BCUT2D eigenvalue weighted by atomic mass is 10.1. The number of aryl methyl sites for hydroxylation is 1. The van der Waals surface area contributed by atoms with Crippen molar-refractivity contribution in [3.05, 3.63) is 58.9 Å². The van der Waals surface area contributed by atoms with Gasteiger partial charge < -0.3 is 5.32 Å². The van der Waals surface area contributed by atoms with Crippen LogP contribution in [0, 0.1) is 6.92 Å². The highest BCUT2D eigenvalue weighted by atomic mass is 16.2. The molecule has 0 saturated heterocycles. The number of anilines is 1. The molecule has 1 aliphatic heterocycles. The molecule has 1 aromatic carbocycles. The average molecular weight is 267 g/mol. The van der Waals surface area contributed by atoms with Crippen molar-refractivity contribution in [2.75, 3.05) is 5.32 Å². The normalized spacial score (nSPS) is 13.1. The Hall–Kier alpha value is -2.69. The Morgan fingerprint density at radius 3 is 2.80 bits per heavy atom. The zero-order valence-electron chi connectivity index (χ0n) is 10.9. The van der Waals surface area contributed by atoms with Gasteiger partial charge in [-0.15, -0.1) is 0 Å². The molecule has 2 heterocycles. The highest BCUT2D eigenvalue weighted by molar-refractivity contribution is 6.23. The molecule has 2 aromatic rings. The van der Waals surface area contributed by atoms with Crippen LogP contribution < -0.4 is 10.6 Å². The number of nitrogens with one attached hydrogen (secondary N) is 2. The monoisotopic (exact) mass is 267 g/mol. The van der Waals surface area contributed by atoms with Crippen molar-refractivity contribution in [2.24, 2.45) is 0 Å². The van der Waals surface area contributed by atoms with Gasteiger partial charge in [0.05, 0.1) is 11.1 Å². The highest BCUT2D eigenvalue weighted by Crippen LogP contribution is 2.24. The van der Waals surface area contributed by atoms with Crippen LogP contribution in [-0.2, 0) is 6.54 Å². The summed E-state index contributed by atoms with van der Waals surface area (Å²) in [4.78, 5) is 27.6. The predicted octanol–water partition coefficient (Wildman–Crippen LogP) is 1.89. The second-order valence-electron chi connectivity index (χ2n) is 4.61. The van der Waals surface area contributed by atoms with E-state index in [-0.39, 0.29) is 11.8 Å². The number of amides is 2. The molecule has 5 nitrogen and oxygen atoms in total. The predicted molar refractivity (Wildman–Crippen MR) is 74.5 cm³/mol. The molecule has 0 radical (unpaired) electrons. The van der Waals surface area contributed by atoms with Gasteiger partial charge in [0.15, 0.2) is 0 Å². The molecule has 0 aliphatic carbocycles. The first kappa shape index (κ1) is 12.3. The molecule has 0 bridgehead atoms. The maximum absolute atomic E-state index is 11.8.